The summed E-state index contributed by atoms with van der Waals surface area (Å²) in [4.78, 5) is 14.3. The molecular formula is C16H17N5O. The molecule has 112 valence electrons. The Bertz CT molecular complexity index is 672. The third kappa shape index (κ3) is 3.09. The fraction of sp³-hybridized carbons (Fsp3) is 0.312. The average molecular weight is 295 g/mol. The number of urea groups is 1. The second kappa shape index (κ2) is 6.31. The third-order valence-electron chi connectivity index (χ3n) is 3.86. The Kier molecular flexibility index (Phi) is 4.05. The maximum absolute atomic E-state index is 12.4. The van der Waals surface area contributed by atoms with Crippen LogP contribution in [0.4, 0.5) is 10.5 Å². The van der Waals surface area contributed by atoms with Gasteiger partial charge >= 0.3 is 6.03 Å². The van der Waals surface area contributed by atoms with Gasteiger partial charge in [-0.3, -0.25) is 4.68 Å². The molecule has 6 heteroatoms. The van der Waals surface area contributed by atoms with Gasteiger partial charge in [0.2, 0.25) is 0 Å². The van der Waals surface area contributed by atoms with Gasteiger partial charge in [0, 0.05) is 24.6 Å². The first-order valence-corrected chi connectivity index (χ1v) is 7.31. The van der Waals surface area contributed by atoms with Crippen LogP contribution in [0.25, 0.3) is 0 Å². The number of nitrogens with zero attached hydrogens (tertiary/aromatic N) is 4. The van der Waals surface area contributed by atoms with E-state index in [-0.39, 0.29) is 12.1 Å². The summed E-state index contributed by atoms with van der Waals surface area (Å²) in [6, 6.07) is 10.9. The molecule has 1 aromatic carbocycles. The Hall–Kier alpha value is -2.81. The summed E-state index contributed by atoms with van der Waals surface area (Å²) in [5.74, 6) is 0. The number of likely N-dealkylation sites (tertiary alicyclic amines) is 1. The van der Waals surface area contributed by atoms with Gasteiger partial charge in [0.15, 0.2) is 0 Å². The number of nitrogens with one attached hydrogen (secondary N) is 1. The molecule has 0 spiro atoms. The highest BCUT2D eigenvalue weighted by molar-refractivity contribution is 5.89. The molecule has 0 bridgehead atoms. The summed E-state index contributed by atoms with van der Waals surface area (Å²) in [5, 5.41) is 15.9. The minimum absolute atomic E-state index is 0.0978. The summed E-state index contributed by atoms with van der Waals surface area (Å²) in [5.41, 5.74) is 1.28. The number of nitriles is 1. The summed E-state index contributed by atoms with van der Waals surface area (Å²) >= 11 is 0. The van der Waals surface area contributed by atoms with E-state index in [1.165, 1.54) is 0 Å². The number of benzene rings is 1. The molecule has 1 atom stereocenters. The van der Waals surface area contributed by atoms with E-state index in [9.17, 15) is 4.79 Å². The Balaban J connectivity index is 1.64. The van der Waals surface area contributed by atoms with Gasteiger partial charge in [-0.2, -0.15) is 10.4 Å². The van der Waals surface area contributed by atoms with E-state index in [0.717, 1.165) is 19.4 Å². The van der Waals surface area contributed by atoms with Gasteiger partial charge in [-0.1, -0.05) is 0 Å². The number of carbonyl (C=O) groups excluding carboxylic acids is 1. The molecule has 22 heavy (non-hydrogen) atoms. The highest BCUT2D eigenvalue weighted by Gasteiger charge is 2.29. The molecule has 0 unspecified atom stereocenters. The third-order valence-corrected chi connectivity index (χ3v) is 3.86. The molecule has 2 amide bonds. The van der Waals surface area contributed by atoms with E-state index in [1.807, 2.05) is 21.8 Å². The predicted molar refractivity (Wildman–Crippen MR) is 82.1 cm³/mol. The predicted octanol–water partition coefficient (Wildman–Crippen LogP) is 2.45. The second-order valence-corrected chi connectivity index (χ2v) is 5.34. The van der Waals surface area contributed by atoms with E-state index in [4.69, 9.17) is 5.26 Å². The fourth-order valence-corrected chi connectivity index (χ4v) is 2.74. The van der Waals surface area contributed by atoms with Gasteiger partial charge in [-0.05, 0) is 43.2 Å². The molecule has 3 rings (SSSR count). The zero-order valence-electron chi connectivity index (χ0n) is 12.1. The normalized spacial score (nSPS) is 17.2. The fourth-order valence-electron chi connectivity index (χ4n) is 2.74. The molecule has 6 nitrogen and oxygen atoms in total. The molecule has 0 saturated carbocycles. The molecule has 1 aliphatic heterocycles. The molecule has 2 heterocycles. The van der Waals surface area contributed by atoms with Crippen molar-refractivity contribution in [1.29, 1.82) is 5.26 Å². The molecule has 1 N–H and O–H groups in total. The van der Waals surface area contributed by atoms with Crippen LogP contribution in [0.2, 0.25) is 0 Å². The van der Waals surface area contributed by atoms with Crippen LogP contribution in [0.15, 0.2) is 42.7 Å². The van der Waals surface area contributed by atoms with Gasteiger partial charge in [0.05, 0.1) is 24.2 Å². The van der Waals surface area contributed by atoms with Crippen molar-refractivity contribution >= 4 is 11.7 Å². The SMILES string of the molecule is N#Cc1ccc(NC(=O)N2CCC[C@H]2Cn2cccn2)cc1. The van der Waals surface area contributed by atoms with E-state index < -0.39 is 0 Å². The van der Waals surface area contributed by atoms with Crippen molar-refractivity contribution in [3.63, 3.8) is 0 Å². The van der Waals surface area contributed by atoms with E-state index in [0.29, 0.717) is 17.8 Å². The Morgan fingerprint density at radius 1 is 1.41 bits per heavy atom. The van der Waals surface area contributed by atoms with Crippen molar-refractivity contribution < 1.29 is 4.79 Å². The number of hydrogen-bond donors (Lipinski definition) is 1. The number of aromatic nitrogens is 2. The lowest BCUT2D eigenvalue weighted by atomic mass is 10.2. The van der Waals surface area contributed by atoms with Crippen LogP contribution >= 0.6 is 0 Å². The minimum atomic E-state index is -0.0978. The van der Waals surface area contributed by atoms with Crippen molar-refractivity contribution in [3.05, 3.63) is 48.3 Å². The summed E-state index contributed by atoms with van der Waals surface area (Å²) < 4.78 is 1.86. The van der Waals surface area contributed by atoms with Crippen LogP contribution in [-0.4, -0.2) is 33.3 Å². The van der Waals surface area contributed by atoms with Crippen LogP contribution in [0.1, 0.15) is 18.4 Å². The smallest absolute Gasteiger partial charge is 0.320 e. The van der Waals surface area contributed by atoms with Crippen molar-refractivity contribution in [2.24, 2.45) is 0 Å². The summed E-state index contributed by atoms with van der Waals surface area (Å²) in [6.07, 6.45) is 5.65. The standard InChI is InChI=1S/C16H17N5O/c17-11-13-4-6-14(7-5-13)19-16(22)21-10-1-3-15(21)12-20-9-2-8-18-20/h2,4-9,15H,1,3,10,12H2,(H,19,22)/t15-/m0/s1. The van der Waals surface area contributed by atoms with Crippen molar-refractivity contribution in [3.8, 4) is 6.07 Å². The lowest BCUT2D eigenvalue weighted by Gasteiger charge is -2.25. The lowest BCUT2D eigenvalue weighted by molar-refractivity contribution is 0.199. The Labute approximate surface area is 129 Å². The molecule has 2 aromatic rings. The zero-order chi connectivity index (χ0) is 15.4. The van der Waals surface area contributed by atoms with E-state index in [2.05, 4.69) is 16.5 Å². The maximum Gasteiger partial charge on any atom is 0.322 e. The first-order valence-electron chi connectivity index (χ1n) is 7.31. The van der Waals surface area contributed by atoms with Crippen LogP contribution in [0.5, 0.6) is 0 Å². The number of hydrogen-bond acceptors (Lipinski definition) is 3. The first kappa shape index (κ1) is 14.1. The monoisotopic (exact) mass is 295 g/mol. The Morgan fingerprint density at radius 2 is 2.23 bits per heavy atom. The highest BCUT2D eigenvalue weighted by Crippen LogP contribution is 2.20. The molecule has 1 fully saturated rings. The molecule has 0 radical (unpaired) electrons. The van der Waals surface area contributed by atoms with Crippen molar-refractivity contribution in [1.82, 2.24) is 14.7 Å². The van der Waals surface area contributed by atoms with Gasteiger partial charge in [-0.25, -0.2) is 4.79 Å². The van der Waals surface area contributed by atoms with E-state index in [1.54, 1.807) is 30.5 Å². The van der Waals surface area contributed by atoms with Gasteiger partial charge < -0.3 is 10.2 Å². The van der Waals surface area contributed by atoms with Crippen molar-refractivity contribution in [2.45, 2.75) is 25.4 Å². The first-order chi connectivity index (χ1) is 10.8. The molecule has 1 saturated heterocycles. The molecule has 0 aliphatic carbocycles. The second-order valence-electron chi connectivity index (χ2n) is 5.34. The number of amides is 2. The van der Waals surface area contributed by atoms with Crippen molar-refractivity contribution in [2.75, 3.05) is 11.9 Å². The summed E-state index contributed by atoms with van der Waals surface area (Å²) in [7, 11) is 0. The number of carbonyl (C=O) groups is 1. The topological polar surface area (TPSA) is 74.0 Å². The lowest BCUT2D eigenvalue weighted by Crippen LogP contribution is -2.40. The average Bonchev–Trinajstić information content (AvgIpc) is 3.20. The van der Waals surface area contributed by atoms with Crippen LogP contribution in [0.3, 0.4) is 0 Å². The molecule has 1 aliphatic rings. The molecule has 1 aromatic heterocycles. The maximum atomic E-state index is 12.4. The largest absolute Gasteiger partial charge is 0.322 e. The number of anilines is 1. The van der Waals surface area contributed by atoms with E-state index >= 15 is 0 Å². The zero-order valence-corrected chi connectivity index (χ0v) is 12.1. The van der Waals surface area contributed by atoms with Gasteiger partial charge in [-0.15, -0.1) is 0 Å². The van der Waals surface area contributed by atoms with Crippen LogP contribution in [-0.2, 0) is 6.54 Å². The van der Waals surface area contributed by atoms with Crippen LogP contribution in [0, 0.1) is 11.3 Å². The quantitative estimate of drug-likeness (QED) is 0.945. The van der Waals surface area contributed by atoms with Gasteiger partial charge in [0.25, 0.3) is 0 Å². The minimum Gasteiger partial charge on any atom is -0.320 e. The van der Waals surface area contributed by atoms with Crippen LogP contribution < -0.4 is 5.32 Å². The summed E-state index contributed by atoms with van der Waals surface area (Å²) in [6.45, 7) is 1.47. The number of rotatable bonds is 3. The Morgan fingerprint density at radius 3 is 2.91 bits per heavy atom. The highest BCUT2D eigenvalue weighted by atomic mass is 16.2. The van der Waals surface area contributed by atoms with Gasteiger partial charge in [0.1, 0.15) is 0 Å². The molecular weight excluding hydrogens is 278 g/mol.